The van der Waals surface area contributed by atoms with Crippen molar-refractivity contribution in [2.24, 2.45) is 5.92 Å². The lowest BCUT2D eigenvalue weighted by Crippen LogP contribution is -2.31. The monoisotopic (exact) mass is 206 g/mol. The third-order valence-corrected chi connectivity index (χ3v) is 1.47. The van der Waals surface area contributed by atoms with Crippen LogP contribution in [0.3, 0.4) is 0 Å². The summed E-state index contributed by atoms with van der Waals surface area (Å²) in [5.74, 6) is -4.16. The summed E-state index contributed by atoms with van der Waals surface area (Å²) in [5, 5.41) is 0. The maximum absolute atomic E-state index is 13.4. The highest BCUT2D eigenvalue weighted by molar-refractivity contribution is 5.74. The molecule has 0 aliphatic heterocycles. The Labute approximate surface area is 82.4 Å². The van der Waals surface area contributed by atoms with Gasteiger partial charge in [-0.3, -0.25) is 9.59 Å². The summed E-state index contributed by atoms with van der Waals surface area (Å²) in [7, 11) is 1.14. The summed E-state index contributed by atoms with van der Waals surface area (Å²) in [6.45, 7) is 4.18. The summed E-state index contributed by atoms with van der Waals surface area (Å²) >= 11 is 0. The van der Waals surface area contributed by atoms with E-state index in [0.717, 1.165) is 14.0 Å². The molecule has 1 atom stereocenters. The molecule has 0 saturated carbocycles. The van der Waals surface area contributed by atoms with Crippen LogP contribution in [-0.4, -0.2) is 24.9 Å². The van der Waals surface area contributed by atoms with Crippen molar-refractivity contribution < 1.29 is 23.5 Å². The molecule has 0 heterocycles. The van der Waals surface area contributed by atoms with Crippen LogP contribution in [0.1, 0.15) is 27.2 Å². The Balaban J connectivity index is 4.20. The van der Waals surface area contributed by atoms with Crippen molar-refractivity contribution in [2.45, 2.75) is 33.0 Å². The fourth-order valence-corrected chi connectivity index (χ4v) is 0.694. The van der Waals surface area contributed by atoms with E-state index in [0.29, 0.717) is 0 Å². The Morgan fingerprint density at radius 1 is 1.43 bits per heavy atom. The topological polar surface area (TPSA) is 52.6 Å². The summed E-state index contributed by atoms with van der Waals surface area (Å²) < 4.78 is 22.1. The predicted octanol–water partition coefficient (Wildman–Crippen LogP) is 1.43. The fraction of sp³-hybridized carbons (Fsp3) is 0.778. The van der Waals surface area contributed by atoms with Gasteiger partial charge in [0.25, 0.3) is 5.85 Å². The summed E-state index contributed by atoms with van der Waals surface area (Å²) in [6, 6.07) is 0. The smallest absolute Gasteiger partial charge is 0.312 e. The second-order valence-electron chi connectivity index (χ2n) is 3.43. The first kappa shape index (κ1) is 12.9. The van der Waals surface area contributed by atoms with Crippen LogP contribution in [0.25, 0.3) is 0 Å². The van der Waals surface area contributed by atoms with Crippen LogP contribution >= 0.6 is 0 Å². The maximum atomic E-state index is 13.4. The van der Waals surface area contributed by atoms with E-state index in [-0.39, 0.29) is 0 Å². The third kappa shape index (κ3) is 4.79. The van der Waals surface area contributed by atoms with E-state index in [9.17, 15) is 14.0 Å². The molecule has 0 aromatic rings. The standard InChI is InChI=1S/C9H15FO4/c1-6(2)8(12)14-9(3,10)5-7(11)13-4/h6H,5H2,1-4H3. The van der Waals surface area contributed by atoms with Gasteiger partial charge in [-0.25, -0.2) is 0 Å². The second-order valence-corrected chi connectivity index (χ2v) is 3.43. The van der Waals surface area contributed by atoms with E-state index < -0.39 is 30.1 Å². The van der Waals surface area contributed by atoms with Crippen LogP contribution in [-0.2, 0) is 19.1 Å². The predicted molar refractivity (Wildman–Crippen MR) is 47.1 cm³/mol. The van der Waals surface area contributed by atoms with Crippen LogP contribution in [0, 0.1) is 5.92 Å². The fourth-order valence-electron chi connectivity index (χ4n) is 0.694. The van der Waals surface area contributed by atoms with Crippen molar-refractivity contribution in [3.05, 3.63) is 0 Å². The van der Waals surface area contributed by atoms with Crippen LogP contribution in [0.5, 0.6) is 0 Å². The zero-order valence-electron chi connectivity index (χ0n) is 8.80. The number of rotatable bonds is 4. The van der Waals surface area contributed by atoms with Crippen molar-refractivity contribution in [3.8, 4) is 0 Å². The van der Waals surface area contributed by atoms with E-state index >= 15 is 0 Å². The molecular weight excluding hydrogens is 191 g/mol. The number of carbonyl (C=O) groups is 2. The minimum absolute atomic E-state index is 0.428. The lowest BCUT2D eigenvalue weighted by molar-refractivity contribution is -0.187. The van der Waals surface area contributed by atoms with E-state index in [1.807, 2.05) is 0 Å². The van der Waals surface area contributed by atoms with Gasteiger partial charge in [0, 0.05) is 6.92 Å². The number of hydrogen-bond donors (Lipinski definition) is 0. The Morgan fingerprint density at radius 2 is 1.93 bits per heavy atom. The molecule has 0 bridgehead atoms. The normalized spacial score (nSPS) is 14.7. The largest absolute Gasteiger partial charge is 0.469 e. The number of esters is 2. The van der Waals surface area contributed by atoms with Crippen molar-refractivity contribution in [1.82, 2.24) is 0 Å². The molecule has 0 fully saturated rings. The van der Waals surface area contributed by atoms with Gasteiger partial charge in [0.2, 0.25) is 0 Å². The Bertz CT molecular complexity index is 223. The number of halogens is 1. The average molecular weight is 206 g/mol. The van der Waals surface area contributed by atoms with E-state index in [4.69, 9.17) is 0 Å². The van der Waals surface area contributed by atoms with Gasteiger partial charge in [0.15, 0.2) is 0 Å². The second kappa shape index (κ2) is 4.93. The molecule has 0 N–H and O–H groups in total. The van der Waals surface area contributed by atoms with Crippen molar-refractivity contribution in [3.63, 3.8) is 0 Å². The van der Waals surface area contributed by atoms with Gasteiger partial charge < -0.3 is 9.47 Å². The van der Waals surface area contributed by atoms with Gasteiger partial charge in [0.05, 0.1) is 13.0 Å². The van der Waals surface area contributed by atoms with E-state index in [1.54, 1.807) is 13.8 Å². The van der Waals surface area contributed by atoms with Gasteiger partial charge in [-0.1, -0.05) is 13.8 Å². The molecular formula is C9H15FO4. The molecule has 4 nitrogen and oxygen atoms in total. The Hall–Kier alpha value is -1.13. The van der Waals surface area contributed by atoms with Crippen LogP contribution < -0.4 is 0 Å². The highest BCUT2D eigenvalue weighted by Crippen LogP contribution is 2.19. The van der Waals surface area contributed by atoms with Gasteiger partial charge in [-0.15, -0.1) is 0 Å². The van der Waals surface area contributed by atoms with Gasteiger partial charge >= 0.3 is 11.9 Å². The third-order valence-electron chi connectivity index (χ3n) is 1.47. The molecule has 82 valence electrons. The first-order valence-electron chi connectivity index (χ1n) is 4.27. The zero-order valence-corrected chi connectivity index (χ0v) is 8.80. The van der Waals surface area contributed by atoms with E-state index in [2.05, 4.69) is 9.47 Å². The van der Waals surface area contributed by atoms with Crippen LogP contribution in [0.2, 0.25) is 0 Å². The Morgan fingerprint density at radius 3 is 2.29 bits per heavy atom. The molecule has 14 heavy (non-hydrogen) atoms. The molecule has 0 amide bonds. The molecule has 0 aromatic carbocycles. The number of carbonyl (C=O) groups excluding carboxylic acids is 2. The summed E-state index contributed by atoms with van der Waals surface area (Å²) in [5.41, 5.74) is 0. The molecule has 0 aliphatic rings. The molecule has 0 aliphatic carbocycles. The number of alkyl halides is 1. The minimum Gasteiger partial charge on any atom is -0.469 e. The highest BCUT2D eigenvalue weighted by Gasteiger charge is 2.32. The quantitative estimate of drug-likeness (QED) is 0.653. The Kier molecular flexibility index (Phi) is 4.53. The molecule has 0 saturated heterocycles. The first-order chi connectivity index (χ1) is 6.28. The lowest BCUT2D eigenvalue weighted by Gasteiger charge is -2.20. The molecule has 0 spiro atoms. The SMILES string of the molecule is COC(=O)CC(C)(F)OC(=O)C(C)C. The molecule has 1 unspecified atom stereocenters. The number of methoxy groups -OCH3 is 1. The summed E-state index contributed by atoms with van der Waals surface area (Å²) in [6.07, 6.45) is -0.595. The van der Waals surface area contributed by atoms with Crippen LogP contribution in [0.4, 0.5) is 4.39 Å². The number of hydrogen-bond acceptors (Lipinski definition) is 4. The minimum atomic E-state index is -2.30. The molecule has 5 heteroatoms. The maximum Gasteiger partial charge on any atom is 0.312 e. The van der Waals surface area contributed by atoms with Gasteiger partial charge in [0.1, 0.15) is 6.42 Å². The van der Waals surface area contributed by atoms with Gasteiger partial charge in [-0.2, -0.15) is 4.39 Å². The molecule has 0 aromatic heterocycles. The lowest BCUT2D eigenvalue weighted by atomic mass is 10.2. The van der Waals surface area contributed by atoms with Crippen molar-refractivity contribution in [2.75, 3.05) is 7.11 Å². The highest BCUT2D eigenvalue weighted by atomic mass is 19.2. The van der Waals surface area contributed by atoms with E-state index in [1.165, 1.54) is 0 Å². The molecule has 0 rings (SSSR count). The molecule has 0 radical (unpaired) electrons. The number of ether oxygens (including phenoxy) is 2. The van der Waals surface area contributed by atoms with Gasteiger partial charge in [-0.05, 0) is 0 Å². The van der Waals surface area contributed by atoms with Crippen molar-refractivity contribution in [1.29, 1.82) is 0 Å². The van der Waals surface area contributed by atoms with Crippen LogP contribution in [0.15, 0.2) is 0 Å². The zero-order chi connectivity index (χ0) is 11.4. The average Bonchev–Trinajstić information content (AvgIpc) is 2.02. The van der Waals surface area contributed by atoms with Crippen molar-refractivity contribution >= 4 is 11.9 Å². The summed E-state index contributed by atoms with van der Waals surface area (Å²) in [4.78, 5) is 21.7. The first-order valence-corrected chi connectivity index (χ1v) is 4.27.